The number of carbonyl (C=O) groups is 1. The Labute approximate surface area is 164 Å². The van der Waals surface area contributed by atoms with E-state index >= 15 is 0 Å². The number of anilines is 2. The van der Waals surface area contributed by atoms with E-state index in [9.17, 15) is 4.79 Å². The van der Waals surface area contributed by atoms with E-state index < -0.39 is 0 Å². The molecule has 136 valence electrons. The standard InChI is InChI=1S/C20H22ClN3OS/c21-17-14-16(9-10-18(17)24-11-5-2-6-12-24)22-20(26)23-19(25)13-15-7-3-1-4-8-15/h1,3-4,7-10,14H,2,5-6,11-13H2,(H2,22,23,25,26). The topological polar surface area (TPSA) is 44.4 Å². The van der Waals surface area contributed by atoms with Crippen LogP contribution < -0.4 is 15.5 Å². The smallest absolute Gasteiger partial charge is 0.230 e. The molecule has 1 amide bonds. The Morgan fingerprint density at radius 2 is 1.81 bits per heavy atom. The van der Waals surface area contributed by atoms with Gasteiger partial charge in [0.25, 0.3) is 0 Å². The minimum atomic E-state index is -0.148. The van der Waals surface area contributed by atoms with Crippen LogP contribution in [0.4, 0.5) is 11.4 Å². The highest BCUT2D eigenvalue weighted by molar-refractivity contribution is 7.80. The molecule has 0 bridgehead atoms. The molecular formula is C20H22ClN3OS. The fraction of sp³-hybridized carbons (Fsp3) is 0.300. The lowest BCUT2D eigenvalue weighted by molar-refractivity contribution is -0.119. The summed E-state index contributed by atoms with van der Waals surface area (Å²) in [6.07, 6.45) is 3.98. The van der Waals surface area contributed by atoms with Gasteiger partial charge in [-0.05, 0) is 55.2 Å². The molecule has 3 rings (SSSR count). The summed E-state index contributed by atoms with van der Waals surface area (Å²) in [5, 5.41) is 6.69. The number of amides is 1. The highest BCUT2D eigenvalue weighted by atomic mass is 35.5. The summed E-state index contributed by atoms with van der Waals surface area (Å²) in [5.74, 6) is -0.148. The lowest BCUT2D eigenvalue weighted by atomic mass is 10.1. The molecule has 1 fully saturated rings. The summed E-state index contributed by atoms with van der Waals surface area (Å²) in [6.45, 7) is 2.08. The first-order valence-corrected chi connectivity index (χ1v) is 9.60. The van der Waals surface area contributed by atoms with Crippen molar-refractivity contribution in [3.05, 3.63) is 59.1 Å². The van der Waals surface area contributed by atoms with Crippen molar-refractivity contribution in [2.75, 3.05) is 23.3 Å². The quantitative estimate of drug-likeness (QED) is 0.764. The highest BCUT2D eigenvalue weighted by Crippen LogP contribution is 2.30. The van der Waals surface area contributed by atoms with Gasteiger partial charge in [0.1, 0.15) is 0 Å². The molecule has 0 atom stereocenters. The molecule has 0 spiro atoms. The molecule has 0 saturated carbocycles. The molecule has 0 aromatic heterocycles. The maximum absolute atomic E-state index is 12.1. The van der Waals surface area contributed by atoms with Crippen molar-refractivity contribution in [1.82, 2.24) is 5.32 Å². The molecule has 1 aliphatic rings. The highest BCUT2D eigenvalue weighted by Gasteiger charge is 2.14. The van der Waals surface area contributed by atoms with Gasteiger partial charge in [0.15, 0.2) is 5.11 Å². The Hall–Kier alpha value is -2.11. The second-order valence-electron chi connectivity index (χ2n) is 6.38. The van der Waals surface area contributed by atoms with E-state index in [4.69, 9.17) is 23.8 Å². The summed E-state index contributed by atoms with van der Waals surface area (Å²) in [7, 11) is 0. The number of hydrogen-bond donors (Lipinski definition) is 2. The van der Waals surface area contributed by atoms with E-state index in [1.54, 1.807) is 0 Å². The summed E-state index contributed by atoms with van der Waals surface area (Å²) in [4.78, 5) is 14.4. The van der Waals surface area contributed by atoms with Crippen LogP contribution in [0.25, 0.3) is 0 Å². The predicted molar refractivity (Wildman–Crippen MR) is 112 cm³/mol. The minimum absolute atomic E-state index is 0.148. The van der Waals surface area contributed by atoms with Crippen molar-refractivity contribution in [3.8, 4) is 0 Å². The zero-order valence-electron chi connectivity index (χ0n) is 14.5. The van der Waals surface area contributed by atoms with Crippen LogP contribution in [-0.2, 0) is 11.2 Å². The van der Waals surface area contributed by atoms with Gasteiger partial charge >= 0.3 is 0 Å². The molecule has 4 nitrogen and oxygen atoms in total. The third-order valence-corrected chi connectivity index (χ3v) is 4.87. The predicted octanol–water partition coefficient (Wildman–Crippen LogP) is 4.39. The third-order valence-electron chi connectivity index (χ3n) is 4.36. The Kier molecular flexibility index (Phi) is 6.47. The van der Waals surface area contributed by atoms with Crippen LogP contribution in [-0.4, -0.2) is 24.1 Å². The number of thiocarbonyl (C=S) groups is 1. The molecule has 2 aromatic rings. The summed E-state index contributed by atoms with van der Waals surface area (Å²) in [6, 6.07) is 15.3. The molecule has 0 radical (unpaired) electrons. The van der Waals surface area contributed by atoms with Crippen LogP contribution >= 0.6 is 23.8 Å². The maximum Gasteiger partial charge on any atom is 0.230 e. The maximum atomic E-state index is 12.1. The number of nitrogens with one attached hydrogen (secondary N) is 2. The SMILES string of the molecule is O=C(Cc1ccccc1)NC(=S)Nc1ccc(N2CCCCC2)c(Cl)c1. The lowest BCUT2D eigenvalue weighted by Gasteiger charge is -2.29. The van der Waals surface area contributed by atoms with Crippen LogP contribution in [0.1, 0.15) is 24.8 Å². The fourth-order valence-electron chi connectivity index (χ4n) is 3.09. The van der Waals surface area contributed by atoms with Gasteiger partial charge in [0.2, 0.25) is 5.91 Å². The van der Waals surface area contributed by atoms with Crippen molar-refractivity contribution in [3.63, 3.8) is 0 Å². The van der Waals surface area contributed by atoms with Crippen molar-refractivity contribution < 1.29 is 4.79 Å². The molecule has 1 aliphatic heterocycles. The second kappa shape index (κ2) is 9.01. The first kappa shape index (κ1) is 18.7. The molecule has 1 saturated heterocycles. The van der Waals surface area contributed by atoms with E-state index in [0.29, 0.717) is 5.02 Å². The van der Waals surface area contributed by atoms with Crippen molar-refractivity contribution >= 4 is 46.2 Å². The van der Waals surface area contributed by atoms with E-state index in [2.05, 4.69) is 15.5 Å². The third kappa shape index (κ3) is 5.19. The van der Waals surface area contributed by atoms with Crippen molar-refractivity contribution in [2.24, 2.45) is 0 Å². The monoisotopic (exact) mass is 387 g/mol. The molecule has 0 aliphatic carbocycles. The summed E-state index contributed by atoms with van der Waals surface area (Å²) >= 11 is 11.7. The molecule has 1 heterocycles. The number of piperidine rings is 1. The number of benzene rings is 2. The van der Waals surface area contributed by atoms with E-state index in [-0.39, 0.29) is 17.4 Å². The van der Waals surface area contributed by atoms with Gasteiger partial charge in [0.05, 0.1) is 17.1 Å². The Bertz CT molecular complexity index is 776. The number of nitrogens with zero attached hydrogens (tertiary/aromatic N) is 1. The first-order chi connectivity index (χ1) is 12.6. The molecular weight excluding hydrogens is 366 g/mol. The minimum Gasteiger partial charge on any atom is -0.370 e. The molecule has 6 heteroatoms. The van der Waals surface area contributed by atoms with Gasteiger partial charge in [-0.25, -0.2) is 0 Å². The summed E-state index contributed by atoms with van der Waals surface area (Å²) in [5.41, 5.74) is 2.76. The average molecular weight is 388 g/mol. The van der Waals surface area contributed by atoms with Crippen LogP contribution in [0.15, 0.2) is 48.5 Å². The second-order valence-corrected chi connectivity index (χ2v) is 7.19. The zero-order valence-corrected chi connectivity index (χ0v) is 16.1. The van der Waals surface area contributed by atoms with Gasteiger partial charge in [-0.1, -0.05) is 41.9 Å². The molecule has 0 unspecified atom stereocenters. The number of carbonyl (C=O) groups excluding carboxylic acids is 1. The molecule has 2 aromatic carbocycles. The van der Waals surface area contributed by atoms with Gasteiger partial charge in [-0.2, -0.15) is 0 Å². The van der Waals surface area contributed by atoms with Gasteiger partial charge in [-0.15, -0.1) is 0 Å². The number of rotatable bonds is 4. The lowest BCUT2D eigenvalue weighted by Crippen LogP contribution is -2.35. The zero-order chi connectivity index (χ0) is 18.4. The van der Waals surface area contributed by atoms with Crippen molar-refractivity contribution in [1.29, 1.82) is 0 Å². The van der Waals surface area contributed by atoms with Crippen LogP contribution in [0.2, 0.25) is 5.02 Å². The number of hydrogen-bond acceptors (Lipinski definition) is 3. The van der Waals surface area contributed by atoms with E-state index in [0.717, 1.165) is 30.0 Å². The van der Waals surface area contributed by atoms with E-state index in [1.807, 2.05) is 48.5 Å². The Morgan fingerprint density at radius 1 is 1.08 bits per heavy atom. The normalized spacial score (nSPS) is 14.0. The molecule has 26 heavy (non-hydrogen) atoms. The van der Waals surface area contributed by atoms with Gasteiger partial charge in [0, 0.05) is 18.8 Å². The van der Waals surface area contributed by atoms with E-state index in [1.165, 1.54) is 19.3 Å². The average Bonchev–Trinajstić information content (AvgIpc) is 2.63. The van der Waals surface area contributed by atoms with Crippen molar-refractivity contribution in [2.45, 2.75) is 25.7 Å². The first-order valence-electron chi connectivity index (χ1n) is 8.81. The van der Waals surface area contributed by atoms with Gasteiger partial charge < -0.3 is 15.5 Å². The van der Waals surface area contributed by atoms with Crippen LogP contribution in [0.3, 0.4) is 0 Å². The van der Waals surface area contributed by atoms with Crippen LogP contribution in [0.5, 0.6) is 0 Å². The largest absolute Gasteiger partial charge is 0.370 e. The summed E-state index contributed by atoms with van der Waals surface area (Å²) < 4.78 is 0. The van der Waals surface area contributed by atoms with Crippen LogP contribution in [0, 0.1) is 0 Å². The van der Waals surface area contributed by atoms with Gasteiger partial charge in [-0.3, -0.25) is 4.79 Å². The number of halogens is 1. The fourth-order valence-corrected chi connectivity index (χ4v) is 3.62. The molecule has 2 N–H and O–H groups in total. The Morgan fingerprint density at radius 3 is 2.50 bits per heavy atom. The Balaban J connectivity index is 1.55.